The molecule has 13 heavy (non-hydrogen) atoms. The van der Waals surface area contributed by atoms with Crippen molar-refractivity contribution in [3.63, 3.8) is 0 Å². The van der Waals surface area contributed by atoms with E-state index in [2.05, 4.69) is 10.6 Å². The van der Waals surface area contributed by atoms with Gasteiger partial charge in [-0.05, 0) is 14.0 Å². The maximum Gasteiger partial charge on any atom is 0.0591 e. The average molecular weight is 190 g/mol. The first kappa shape index (κ1) is 12.8. The van der Waals surface area contributed by atoms with Crippen molar-refractivity contribution in [3.8, 4) is 0 Å². The van der Waals surface area contributed by atoms with E-state index >= 15 is 0 Å². The Morgan fingerprint density at radius 2 is 1.54 bits per heavy atom. The van der Waals surface area contributed by atoms with E-state index in [9.17, 15) is 0 Å². The smallest absolute Gasteiger partial charge is 0.0591 e. The van der Waals surface area contributed by atoms with E-state index in [1.807, 2.05) is 14.0 Å². The molecular weight excluding hydrogens is 168 g/mol. The minimum Gasteiger partial charge on any atom is -0.380 e. The summed E-state index contributed by atoms with van der Waals surface area (Å²) < 4.78 is 10.5. The molecule has 4 heteroatoms. The second-order valence-electron chi connectivity index (χ2n) is 2.66. The molecule has 80 valence electrons. The number of ether oxygens (including phenoxy) is 2. The molecule has 0 saturated heterocycles. The molecule has 4 nitrogen and oxygen atoms in total. The second kappa shape index (κ2) is 11.8. The molecule has 0 unspecified atom stereocenters. The maximum atomic E-state index is 5.31. The van der Waals surface area contributed by atoms with E-state index in [-0.39, 0.29) is 0 Å². The zero-order valence-corrected chi connectivity index (χ0v) is 8.77. The van der Waals surface area contributed by atoms with Crippen molar-refractivity contribution in [1.82, 2.24) is 10.6 Å². The number of nitrogens with one attached hydrogen (secondary N) is 2. The van der Waals surface area contributed by atoms with Gasteiger partial charge in [-0.15, -0.1) is 0 Å². The van der Waals surface area contributed by atoms with Gasteiger partial charge in [0.05, 0.1) is 19.8 Å². The van der Waals surface area contributed by atoms with Crippen LogP contribution in [0.5, 0.6) is 0 Å². The first-order chi connectivity index (χ1) is 6.41. The van der Waals surface area contributed by atoms with Crippen LogP contribution in [-0.2, 0) is 9.47 Å². The van der Waals surface area contributed by atoms with Gasteiger partial charge in [-0.3, -0.25) is 0 Å². The summed E-state index contributed by atoms with van der Waals surface area (Å²) in [4.78, 5) is 0. The largest absolute Gasteiger partial charge is 0.380 e. The molecule has 0 aliphatic carbocycles. The van der Waals surface area contributed by atoms with Crippen LogP contribution in [0.3, 0.4) is 0 Å². The highest BCUT2D eigenvalue weighted by molar-refractivity contribution is 4.45. The van der Waals surface area contributed by atoms with Crippen LogP contribution < -0.4 is 10.6 Å². The van der Waals surface area contributed by atoms with E-state index in [1.165, 1.54) is 0 Å². The minimum absolute atomic E-state index is 0.772. The normalized spacial score (nSPS) is 10.6. The van der Waals surface area contributed by atoms with Gasteiger partial charge in [0, 0.05) is 26.2 Å². The van der Waals surface area contributed by atoms with E-state index in [4.69, 9.17) is 9.47 Å². The summed E-state index contributed by atoms with van der Waals surface area (Å²) >= 11 is 0. The molecular formula is C9H22N2O2. The molecule has 0 aromatic heterocycles. The third kappa shape index (κ3) is 11.8. The lowest BCUT2D eigenvalue weighted by Gasteiger charge is -2.05. The monoisotopic (exact) mass is 190 g/mol. The van der Waals surface area contributed by atoms with Gasteiger partial charge in [-0.1, -0.05) is 0 Å². The highest BCUT2D eigenvalue weighted by Gasteiger charge is 1.88. The van der Waals surface area contributed by atoms with Crippen LogP contribution in [-0.4, -0.2) is 53.1 Å². The van der Waals surface area contributed by atoms with Crippen molar-refractivity contribution in [1.29, 1.82) is 0 Å². The van der Waals surface area contributed by atoms with Crippen molar-refractivity contribution in [2.24, 2.45) is 0 Å². The van der Waals surface area contributed by atoms with Crippen LogP contribution in [0.4, 0.5) is 0 Å². The minimum atomic E-state index is 0.772. The van der Waals surface area contributed by atoms with Crippen LogP contribution in [0, 0.1) is 0 Å². The first-order valence-corrected chi connectivity index (χ1v) is 4.92. The molecule has 0 radical (unpaired) electrons. The quantitative estimate of drug-likeness (QED) is 0.470. The molecule has 0 aromatic rings. The van der Waals surface area contributed by atoms with Crippen LogP contribution >= 0.6 is 0 Å². The molecule has 0 saturated carbocycles. The van der Waals surface area contributed by atoms with Crippen molar-refractivity contribution in [2.45, 2.75) is 6.92 Å². The molecule has 0 bridgehead atoms. The number of hydrogen-bond acceptors (Lipinski definition) is 4. The van der Waals surface area contributed by atoms with E-state index in [0.717, 1.165) is 46.1 Å². The molecule has 0 atom stereocenters. The Balaban J connectivity index is 2.76. The first-order valence-electron chi connectivity index (χ1n) is 4.92. The van der Waals surface area contributed by atoms with Crippen LogP contribution in [0.1, 0.15) is 6.92 Å². The number of likely N-dealkylation sites (N-methyl/N-ethyl adjacent to an activating group) is 1. The molecule has 0 aliphatic rings. The van der Waals surface area contributed by atoms with Crippen LogP contribution in [0.25, 0.3) is 0 Å². The van der Waals surface area contributed by atoms with Gasteiger partial charge >= 0.3 is 0 Å². The van der Waals surface area contributed by atoms with Crippen molar-refractivity contribution in [2.75, 3.05) is 53.1 Å². The predicted molar refractivity (Wildman–Crippen MR) is 54.1 cm³/mol. The van der Waals surface area contributed by atoms with Gasteiger partial charge in [0.25, 0.3) is 0 Å². The lowest BCUT2D eigenvalue weighted by atomic mass is 10.6. The Bertz CT molecular complexity index is 81.7. The molecule has 0 spiro atoms. The van der Waals surface area contributed by atoms with Crippen LogP contribution in [0.2, 0.25) is 0 Å². The van der Waals surface area contributed by atoms with E-state index in [1.54, 1.807) is 0 Å². The maximum absolute atomic E-state index is 5.31. The highest BCUT2D eigenvalue weighted by atomic mass is 16.5. The molecule has 2 N–H and O–H groups in total. The highest BCUT2D eigenvalue weighted by Crippen LogP contribution is 1.73. The summed E-state index contributed by atoms with van der Waals surface area (Å²) in [6.07, 6.45) is 0. The molecule has 0 aromatic carbocycles. The average Bonchev–Trinajstić information content (AvgIpc) is 2.16. The topological polar surface area (TPSA) is 42.5 Å². The summed E-state index contributed by atoms with van der Waals surface area (Å²) in [5, 5.41) is 6.25. The fraction of sp³-hybridized carbons (Fsp3) is 1.00. The summed E-state index contributed by atoms with van der Waals surface area (Å²) in [6, 6.07) is 0. The third-order valence-corrected chi connectivity index (χ3v) is 1.55. The van der Waals surface area contributed by atoms with Gasteiger partial charge in [0.1, 0.15) is 0 Å². The van der Waals surface area contributed by atoms with E-state index < -0.39 is 0 Å². The van der Waals surface area contributed by atoms with Gasteiger partial charge < -0.3 is 20.1 Å². The predicted octanol–water partition coefficient (Wildman–Crippen LogP) is -0.151. The van der Waals surface area contributed by atoms with E-state index in [0.29, 0.717) is 0 Å². The third-order valence-electron chi connectivity index (χ3n) is 1.55. The van der Waals surface area contributed by atoms with Crippen LogP contribution in [0.15, 0.2) is 0 Å². The summed E-state index contributed by atoms with van der Waals surface area (Å²) in [7, 11) is 1.92. The standard InChI is InChI=1S/C9H22N2O2/c1-3-12-8-5-11-6-9-13-7-4-10-2/h10-11H,3-9H2,1-2H3. The molecule has 0 amide bonds. The lowest BCUT2D eigenvalue weighted by molar-refractivity contribution is 0.128. The summed E-state index contributed by atoms with van der Waals surface area (Å²) in [6.45, 7) is 7.85. The Hall–Kier alpha value is -0.160. The van der Waals surface area contributed by atoms with Gasteiger partial charge in [0.15, 0.2) is 0 Å². The fourth-order valence-electron chi connectivity index (χ4n) is 0.834. The zero-order chi connectivity index (χ0) is 9.78. The second-order valence-corrected chi connectivity index (χ2v) is 2.66. The zero-order valence-electron chi connectivity index (χ0n) is 8.77. The Morgan fingerprint density at radius 1 is 0.923 bits per heavy atom. The number of hydrogen-bond donors (Lipinski definition) is 2. The van der Waals surface area contributed by atoms with Crippen molar-refractivity contribution in [3.05, 3.63) is 0 Å². The molecule has 0 aliphatic heterocycles. The molecule has 0 heterocycles. The summed E-state index contributed by atoms with van der Waals surface area (Å²) in [5.74, 6) is 0. The van der Waals surface area contributed by atoms with Gasteiger partial charge in [-0.25, -0.2) is 0 Å². The fourth-order valence-corrected chi connectivity index (χ4v) is 0.834. The number of rotatable bonds is 10. The molecule has 0 fully saturated rings. The van der Waals surface area contributed by atoms with Crippen molar-refractivity contribution < 1.29 is 9.47 Å². The van der Waals surface area contributed by atoms with Gasteiger partial charge in [-0.2, -0.15) is 0 Å². The Morgan fingerprint density at radius 3 is 2.15 bits per heavy atom. The lowest BCUT2D eigenvalue weighted by Crippen LogP contribution is -2.25. The van der Waals surface area contributed by atoms with Crippen molar-refractivity contribution >= 4 is 0 Å². The molecule has 0 rings (SSSR count). The SMILES string of the molecule is CCOCCNCCOCCNC. The Labute approximate surface area is 81.0 Å². The van der Waals surface area contributed by atoms with Gasteiger partial charge in [0.2, 0.25) is 0 Å². The summed E-state index contributed by atoms with van der Waals surface area (Å²) in [5.41, 5.74) is 0. The Kier molecular flexibility index (Phi) is 11.7.